The fourth-order valence-electron chi connectivity index (χ4n) is 1.10. The van der Waals surface area contributed by atoms with E-state index in [9.17, 15) is 14.7 Å². The van der Waals surface area contributed by atoms with Crippen LogP contribution in [0.4, 0.5) is 0 Å². The molecule has 13 heavy (non-hydrogen) atoms. The van der Waals surface area contributed by atoms with Crippen molar-refractivity contribution in [2.24, 2.45) is 0 Å². The number of rotatable bonds is 3. The Hall–Kier alpha value is -1.36. The maximum Gasteiger partial charge on any atom is 0.325 e. The largest absolute Gasteiger partial charge is 0.388 e. The molecule has 5 heteroatoms. The predicted molar refractivity (Wildman–Crippen MR) is 47.6 cm³/mol. The molecule has 1 aromatic heterocycles. The van der Waals surface area contributed by atoms with Gasteiger partial charge in [0.15, 0.2) is 0 Å². The molecule has 1 heterocycles. The van der Waals surface area contributed by atoms with E-state index in [2.05, 4.69) is 9.97 Å². The Morgan fingerprint density at radius 3 is 2.77 bits per heavy atom. The van der Waals surface area contributed by atoms with Gasteiger partial charge in [-0.05, 0) is 6.42 Å². The summed E-state index contributed by atoms with van der Waals surface area (Å²) in [6.45, 7) is 1.91. The molecule has 0 aliphatic heterocycles. The van der Waals surface area contributed by atoms with Crippen molar-refractivity contribution in [2.75, 3.05) is 0 Å². The summed E-state index contributed by atoms with van der Waals surface area (Å²) in [5, 5.41) is 9.45. The molecule has 0 saturated carbocycles. The quantitative estimate of drug-likeness (QED) is 0.613. The molecule has 0 amide bonds. The van der Waals surface area contributed by atoms with Crippen molar-refractivity contribution in [3.8, 4) is 0 Å². The monoisotopic (exact) mass is 184 g/mol. The summed E-state index contributed by atoms with van der Waals surface area (Å²) < 4.78 is 0. The predicted octanol–water partition coefficient (Wildman–Crippen LogP) is -0.103. The second-order valence-corrected chi connectivity index (χ2v) is 2.83. The van der Waals surface area contributed by atoms with E-state index < -0.39 is 17.4 Å². The van der Waals surface area contributed by atoms with Gasteiger partial charge in [0, 0.05) is 6.20 Å². The number of aliphatic hydroxyl groups is 1. The van der Waals surface area contributed by atoms with Gasteiger partial charge in [-0.15, -0.1) is 0 Å². The Balaban J connectivity index is 3.02. The third-order valence-electron chi connectivity index (χ3n) is 1.77. The van der Waals surface area contributed by atoms with Crippen LogP contribution < -0.4 is 11.2 Å². The molecule has 0 aliphatic rings. The van der Waals surface area contributed by atoms with E-state index in [1.54, 1.807) is 0 Å². The highest BCUT2D eigenvalue weighted by Crippen LogP contribution is 2.11. The number of aliphatic hydroxyl groups excluding tert-OH is 1. The van der Waals surface area contributed by atoms with Gasteiger partial charge in [0.1, 0.15) is 0 Å². The first-order valence-electron chi connectivity index (χ1n) is 4.15. The van der Waals surface area contributed by atoms with Crippen molar-refractivity contribution in [2.45, 2.75) is 25.9 Å². The van der Waals surface area contributed by atoms with Crippen LogP contribution in [0.5, 0.6) is 0 Å². The standard InChI is InChI=1S/C8H12N2O3/c1-2-3-6(11)5-4-9-8(13)10-7(5)12/h4,6,11H,2-3H2,1H3,(H2,9,10,12,13). The lowest BCUT2D eigenvalue weighted by atomic mass is 10.1. The van der Waals surface area contributed by atoms with E-state index in [0.717, 1.165) is 6.42 Å². The van der Waals surface area contributed by atoms with Gasteiger partial charge >= 0.3 is 5.69 Å². The van der Waals surface area contributed by atoms with Gasteiger partial charge in [-0.3, -0.25) is 9.78 Å². The Kier molecular flexibility index (Phi) is 3.02. The number of hydrogen-bond donors (Lipinski definition) is 3. The van der Waals surface area contributed by atoms with Crippen LogP contribution in [0.25, 0.3) is 0 Å². The zero-order valence-electron chi connectivity index (χ0n) is 7.33. The number of hydrogen-bond acceptors (Lipinski definition) is 3. The molecule has 0 radical (unpaired) electrons. The van der Waals surface area contributed by atoms with Gasteiger partial charge in [-0.25, -0.2) is 4.79 Å². The number of H-pyrrole nitrogens is 2. The van der Waals surface area contributed by atoms with Crippen LogP contribution in [0.3, 0.4) is 0 Å². The molecule has 1 rings (SSSR count). The highest BCUT2D eigenvalue weighted by atomic mass is 16.3. The fourth-order valence-corrected chi connectivity index (χ4v) is 1.10. The molecule has 5 nitrogen and oxygen atoms in total. The lowest BCUT2D eigenvalue weighted by Crippen LogP contribution is -2.26. The van der Waals surface area contributed by atoms with Crippen LogP contribution >= 0.6 is 0 Å². The topological polar surface area (TPSA) is 85.9 Å². The molecule has 72 valence electrons. The molecule has 0 spiro atoms. The number of aromatic nitrogens is 2. The van der Waals surface area contributed by atoms with E-state index in [0.29, 0.717) is 6.42 Å². The van der Waals surface area contributed by atoms with Crippen molar-refractivity contribution in [3.05, 3.63) is 32.6 Å². The molecule has 1 atom stereocenters. The maximum absolute atomic E-state index is 11.1. The van der Waals surface area contributed by atoms with Crippen LogP contribution in [0, 0.1) is 0 Å². The van der Waals surface area contributed by atoms with Crippen LogP contribution in [0.1, 0.15) is 31.4 Å². The minimum absolute atomic E-state index is 0.210. The molecular weight excluding hydrogens is 172 g/mol. The number of aromatic amines is 2. The van der Waals surface area contributed by atoms with Gasteiger partial charge in [-0.1, -0.05) is 13.3 Å². The summed E-state index contributed by atoms with van der Waals surface area (Å²) in [5.41, 5.74) is -0.872. The van der Waals surface area contributed by atoms with Crippen molar-refractivity contribution in [3.63, 3.8) is 0 Å². The van der Waals surface area contributed by atoms with Crippen LogP contribution in [0.2, 0.25) is 0 Å². The van der Waals surface area contributed by atoms with E-state index in [1.165, 1.54) is 6.20 Å². The van der Waals surface area contributed by atoms with Crippen LogP contribution in [0.15, 0.2) is 15.8 Å². The van der Waals surface area contributed by atoms with E-state index in [1.807, 2.05) is 6.92 Å². The van der Waals surface area contributed by atoms with Gasteiger partial charge in [0.2, 0.25) is 0 Å². The van der Waals surface area contributed by atoms with Crippen LogP contribution in [-0.4, -0.2) is 15.1 Å². The van der Waals surface area contributed by atoms with Gasteiger partial charge < -0.3 is 10.1 Å². The first-order valence-corrected chi connectivity index (χ1v) is 4.15. The molecule has 0 aliphatic carbocycles. The van der Waals surface area contributed by atoms with Crippen LogP contribution in [-0.2, 0) is 0 Å². The first kappa shape index (κ1) is 9.73. The van der Waals surface area contributed by atoms with Gasteiger partial charge in [-0.2, -0.15) is 0 Å². The Bertz CT molecular complexity index is 379. The lowest BCUT2D eigenvalue weighted by molar-refractivity contribution is 0.164. The summed E-state index contributed by atoms with van der Waals surface area (Å²) in [4.78, 5) is 26.1. The third kappa shape index (κ3) is 2.29. The zero-order chi connectivity index (χ0) is 9.84. The Labute approximate surface area is 74.4 Å². The molecule has 0 fully saturated rings. The van der Waals surface area contributed by atoms with E-state index in [4.69, 9.17) is 0 Å². The molecule has 1 unspecified atom stereocenters. The van der Waals surface area contributed by atoms with Crippen molar-refractivity contribution in [1.82, 2.24) is 9.97 Å². The average Bonchev–Trinajstić information content (AvgIpc) is 2.04. The van der Waals surface area contributed by atoms with E-state index in [-0.39, 0.29) is 5.56 Å². The summed E-state index contributed by atoms with van der Waals surface area (Å²) in [6, 6.07) is 0. The maximum atomic E-state index is 11.1. The number of nitrogens with one attached hydrogen (secondary N) is 2. The minimum atomic E-state index is -0.800. The summed E-state index contributed by atoms with van der Waals surface area (Å²) in [6.07, 6.45) is 1.74. The van der Waals surface area contributed by atoms with Gasteiger partial charge in [0.05, 0.1) is 11.7 Å². The molecule has 3 N–H and O–H groups in total. The van der Waals surface area contributed by atoms with Crippen molar-refractivity contribution >= 4 is 0 Å². The van der Waals surface area contributed by atoms with E-state index >= 15 is 0 Å². The normalized spacial score (nSPS) is 12.8. The van der Waals surface area contributed by atoms with Crippen molar-refractivity contribution < 1.29 is 5.11 Å². The summed E-state index contributed by atoms with van der Waals surface area (Å²) in [7, 11) is 0. The molecule has 0 bridgehead atoms. The third-order valence-corrected chi connectivity index (χ3v) is 1.77. The lowest BCUT2D eigenvalue weighted by Gasteiger charge is -2.06. The molecule has 1 aromatic rings. The summed E-state index contributed by atoms with van der Waals surface area (Å²) in [5.74, 6) is 0. The minimum Gasteiger partial charge on any atom is -0.388 e. The highest BCUT2D eigenvalue weighted by Gasteiger charge is 2.10. The Morgan fingerprint density at radius 1 is 1.54 bits per heavy atom. The smallest absolute Gasteiger partial charge is 0.325 e. The Morgan fingerprint density at radius 2 is 2.23 bits per heavy atom. The first-order chi connectivity index (χ1) is 6.15. The average molecular weight is 184 g/mol. The van der Waals surface area contributed by atoms with Gasteiger partial charge in [0.25, 0.3) is 5.56 Å². The second kappa shape index (κ2) is 4.04. The molecular formula is C8H12N2O3. The zero-order valence-corrected chi connectivity index (χ0v) is 7.33. The SMILES string of the molecule is CCCC(O)c1c[nH]c(=O)[nH]c1=O. The molecule has 0 aromatic carbocycles. The van der Waals surface area contributed by atoms with Crippen molar-refractivity contribution in [1.29, 1.82) is 0 Å². The fraction of sp³-hybridized carbons (Fsp3) is 0.500. The highest BCUT2D eigenvalue weighted by molar-refractivity contribution is 5.06. The summed E-state index contributed by atoms with van der Waals surface area (Å²) >= 11 is 0. The second-order valence-electron chi connectivity index (χ2n) is 2.83. The molecule has 0 saturated heterocycles.